The van der Waals surface area contributed by atoms with E-state index in [0.717, 1.165) is 23.5 Å². The van der Waals surface area contributed by atoms with Crippen LogP contribution in [-0.2, 0) is 11.0 Å². The van der Waals surface area contributed by atoms with Crippen LogP contribution < -0.4 is 5.01 Å². The Balaban J connectivity index is 1.93. The van der Waals surface area contributed by atoms with E-state index in [1.165, 1.54) is 28.7 Å². The summed E-state index contributed by atoms with van der Waals surface area (Å²) >= 11 is 1.07. The number of anilines is 1. The Morgan fingerprint density at radius 2 is 2.12 bits per heavy atom. The minimum atomic E-state index is -4.63. The quantitative estimate of drug-likeness (QED) is 0.749. The van der Waals surface area contributed by atoms with E-state index in [2.05, 4.69) is 9.98 Å². The fourth-order valence-electron chi connectivity index (χ4n) is 2.32. The average Bonchev–Trinajstić information content (AvgIpc) is 3.04. The molecule has 1 aliphatic heterocycles. The second kappa shape index (κ2) is 6.87. The highest BCUT2D eigenvalue weighted by Gasteiger charge is 2.31. The standard InChI is InChI=1S/C16H12F4N4OS/c1-10(25)24(23-6-2-5-21-9-23)15-22-14(8-26-15)12-4-3-11(7-13(12)17)16(18,19)20/h2-5,7-9H,6H2,1H3. The first-order valence-electron chi connectivity index (χ1n) is 7.35. The topological polar surface area (TPSA) is 48.8 Å². The van der Waals surface area contributed by atoms with Crippen molar-refractivity contribution < 1.29 is 22.4 Å². The lowest BCUT2D eigenvalue weighted by molar-refractivity contribution is -0.137. The number of hydrogen-bond acceptors (Lipinski definition) is 5. The van der Waals surface area contributed by atoms with Crippen LogP contribution in [0.1, 0.15) is 12.5 Å². The fourth-order valence-corrected chi connectivity index (χ4v) is 3.20. The van der Waals surface area contributed by atoms with Crippen LogP contribution in [0.3, 0.4) is 0 Å². The Labute approximate surface area is 149 Å². The number of carbonyl (C=O) groups is 1. The molecule has 0 fully saturated rings. The van der Waals surface area contributed by atoms with E-state index in [9.17, 15) is 22.4 Å². The molecule has 0 radical (unpaired) electrons. The molecular formula is C16H12F4N4OS. The molecule has 3 rings (SSSR count). The molecule has 1 aromatic heterocycles. The summed E-state index contributed by atoms with van der Waals surface area (Å²) in [4.78, 5) is 20.1. The van der Waals surface area contributed by atoms with E-state index in [0.29, 0.717) is 12.6 Å². The largest absolute Gasteiger partial charge is 0.416 e. The number of carbonyl (C=O) groups excluding carboxylic acids is 1. The SMILES string of the molecule is CC(=O)N(c1nc(-c2ccc(C(F)(F)F)cc2F)cs1)N1C=NC=CC1. The zero-order chi connectivity index (χ0) is 18.9. The Morgan fingerprint density at radius 3 is 2.69 bits per heavy atom. The molecule has 2 heterocycles. The van der Waals surface area contributed by atoms with Gasteiger partial charge in [0.2, 0.25) is 11.0 Å². The number of alkyl halides is 3. The molecule has 1 aliphatic rings. The predicted octanol–water partition coefficient (Wildman–Crippen LogP) is 4.09. The number of rotatable bonds is 3. The van der Waals surface area contributed by atoms with Crippen molar-refractivity contribution >= 4 is 28.7 Å². The minimum Gasteiger partial charge on any atom is -0.273 e. The summed E-state index contributed by atoms with van der Waals surface area (Å²) in [5.74, 6) is -1.37. The lowest BCUT2D eigenvalue weighted by Crippen LogP contribution is -2.45. The van der Waals surface area contributed by atoms with Gasteiger partial charge in [0, 0.05) is 24.1 Å². The summed E-state index contributed by atoms with van der Waals surface area (Å²) in [5, 5.41) is 4.53. The van der Waals surface area contributed by atoms with Crippen molar-refractivity contribution in [3.63, 3.8) is 0 Å². The maximum Gasteiger partial charge on any atom is 0.416 e. The molecule has 0 aliphatic carbocycles. The third kappa shape index (κ3) is 3.59. The van der Waals surface area contributed by atoms with Crippen LogP contribution in [0.5, 0.6) is 0 Å². The summed E-state index contributed by atoms with van der Waals surface area (Å²) in [6.45, 7) is 1.73. The zero-order valence-corrected chi connectivity index (χ0v) is 14.2. The van der Waals surface area contributed by atoms with Crippen LogP contribution >= 0.6 is 11.3 Å². The molecular weight excluding hydrogens is 372 g/mol. The van der Waals surface area contributed by atoms with Gasteiger partial charge in [0.05, 0.1) is 17.8 Å². The van der Waals surface area contributed by atoms with Crippen molar-refractivity contribution in [2.45, 2.75) is 13.1 Å². The molecule has 1 amide bonds. The van der Waals surface area contributed by atoms with Crippen LogP contribution in [0.4, 0.5) is 22.7 Å². The molecule has 2 aromatic rings. The lowest BCUT2D eigenvalue weighted by atomic mass is 10.1. The van der Waals surface area contributed by atoms with E-state index >= 15 is 0 Å². The van der Waals surface area contributed by atoms with Gasteiger partial charge in [0.15, 0.2) is 0 Å². The van der Waals surface area contributed by atoms with Gasteiger partial charge in [-0.2, -0.15) is 18.2 Å². The maximum atomic E-state index is 14.1. The summed E-state index contributed by atoms with van der Waals surface area (Å²) in [6.07, 6.45) is 0.139. The van der Waals surface area contributed by atoms with Crippen molar-refractivity contribution in [1.29, 1.82) is 0 Å². The van der Waals surface area contributed by atoms with Gasteiger partial charge >= 0.3 is 6.18 Å². The molecule has 1 aromatic carbocycles. The van der Waals surface area contributed by atoms with Gasteiger partial charge in [-0.25, -0.2) is 14.4 Å². The monoisotopic (exact) mass is 384 g/mol. The number of hydrogen-bond donors (Lipinski definition) is 0. The third-order valence-corrected chi connectivity index (χ3v) is 4.30. The van der Waals surface area contributed by atoms with E-state index < -0.39 is 17.6 Å². The Bertz CT molecular complexity index is 891. The normalized spacial score (nSPS) is 14.0. The van der Waals surface area contributed by atoms with Gasteiger partial charge in [-0.3, -0.25) is 9.80 Å². The van der Waals surface area contributed by atoms with Crippen molar-refractivity contribution in [1.82, 2.24) is 9.99 Å². The Kier molecular flexibility index (Phi) is 4.77. The van der Waals surface area contributed by atoms with Crippen molar-refractivity contribution in [2.75, 3.05) is 11.6 Å². The molecule has 0 spiro atoms. The first-order valence-corrected chi connectivity index (χ1v) is 8.23. The molecule has 5 nitrogen and oxygen atoms in total. The highest BCUT2D eigenvalue weighted by molar-refractivity contribution is 7.14. The molecule has 0 N–H and O–H groups in total. The van der Waals surface area contributed by atoms with Crippen LogP contribution in [0.25, 0.3) is 11.3 Å². The Morgan fingerprint density at radius 1 is 1.35 bits per heavy atom. The lowest BCUT2D eigenvalue weighted by Gasteiger charge is -2.30. The molecule has 136 valence electrons. The van der Waals surface area contributed by atoms with Crippen LogP contribution in [0, 0.1) is 5.82 Å². The number of hydrazine groups is 1. The molecule has 0 atom stereocenters. The summed E-state index contributed by atoms with van der Waals surface area (Å²) in [6, 6.07) is 2.25. The van der Waals surface area contributed by atoms with Crippen molar-refractivity contribution in [2.24, 2.45) is 4.99 Å². The van der Waals surface area contributed by atoms with Gasteiger partial charge < -0.3 is 0 Å². The molecule has 0 saturated carbocycles. The zero-order valence-electron chi connectivity index (χ0n) is 13.4. The summed E-state index contributed by atoms with van der Waals surface area (Å²) in [7, 11) is 0. The van der Waals surface area contributed by atoms with Gasteiger partial charge in [-0.15, -0.1) is 11.3 Å². The van der Waals surface area contributed by atoms with Gasteiger partial charge in [0.25, 0.3) is 0 Å². The van der Waals surface area contributed by atoms with Gasteiger partial charge in [-0.05, 0) is 24.3 Å². The number of nitrogens with zero attached hydrogens (tertiary/aromatic N) is 4. The number of aromatic nitrogens is 1. The molecule has 10 heteroatoms. The van der Waals surface area contributed by atoms with Gasteiger partial charge in [-0.1, -0.05) is 0 Å². The van der Waals surface area contributed by atoms with Crippen molar-refractivity contribution in [3.05, 3.63) is 47.2 Å². The maximum absolute atomic E-state index is 14.1. The van der Waals surface area contributed by atoms with E-state index in [4.69, 9.17) is 0 Å². The molecule has 26 heavy (non-hydrogen) atoms. The van der Waals surface area contributed by atoms with E-state index in [1.807, 2.05) is 0 Å². The second-order valence-corrected chi connectivity index (χ2v) is 6.15. The minimum absolute atomic E-state index is 0.0730. The van der Waals surface area contributed by atoms with Crippen LogP contribution in [-0.4, -0.2) is 28.8 Å². The number of aliphatic imine (C=N–C) groups is 1. The smallest absolute Gasteiger partial charge is 0.273 e. The van der Waals surface area contributed by atoms with Crippen LogP contribution in [0.15, 0.2) is 40.8 Å². The molecule has 0 unspecified atom stereocenters. The Hall–Kier alpha value is -2.75. The first kappa shape index (κ1) is 18.1. The first-order chi connectivity index (χ1) is 12.3. The van der Waals surface area contributed by atoms with Crippen LogP contribution in [0.2, 0.25) is 0 Å². The molecule has 0 bridgehead atoms. The average molecular weight is 384 g/mol. The third-order valence-electron chi connectivity index (χ3n) is 3.48. The fraction of sp³-hybridized carbons (Fsp3) is 0.188. The summed E-state index contributed by atoms with van der Waals surface area (Å²) < 4.78 is 52.1. The summed E-state index contributed by atoms with van der Waals surface area (Å²) in [5.41, 5.74) is -1.00. The van der Waals surface area contributed by atoms with Gasteiger partial charge in [0.1, 0.15) is 12.2 Å². The molecule has 0 saturated heterocycles. The number of benzene rings is 1. The number of halogens is 4. The second-order valence-electron chi connectivity index (χ2n) is 5.31. The van der Waals surface area contributed by atoms with E-state index in [-0.39, 0.29) is 22.3 Å². The number of thiazole rings is 1. The predicted molar refractivity (Wildman–Crippen MR) is 90.0 cm³/mol. The highest BCUT2D eigenvalue weighted by atomic mass is 32.1. The number of amides is 1. The van der Waals surface area contributed by atoms with E-state index in [1.54, 1.807) is 12.3 Å². The van der Waals surface area contributed by atoms with Crippen molar-refractivity contribution in [3.8, 4) is 11.3 Å². The highest BCUT2D eigenvalue weighted by Crippen LogP contribution is 2.34.